The molecule has 7 nitrogen and oxygen atoms in total. The highest BCUT2D eigenvalue weighted by Gasteiger charge is 2.26. The molecule has 2 heterocycles. The summed E-state index contributed by atoms with van der Waals surface area (Å²) in [4.78, 5) is 25.1. The van der Waals surface area contributed by atoms with E-state index in [9.17, 15) is 4.79 Å². The maximum Gasteiger partial charge on any atom is 0.333 e. The summed E-state index contributed by atoms with van der Waals surface area (Å²) in [5.74, 6) is 0.367. The Bertz CT molecular complexity index is 806. The van der Waals surface area contributed by atoms with Crippen LogP contribution in [0.15, 0.2) is 43.0 Å². The molecule has 0 fully saturated rings. The summed E-state index contributed by atoms with van der Waals surface area (Å²) >= 11 is 0. The average molecular weight is 334 g/mol. The van der Waals surface area contributed by atoms with E-state index < -0.39 is 6.04 Å². The van der Waals surface area contributed by atoms with Gasteiger partial charge in [0, 0.05) is 0 Å². The molecule has 120 valence electrons. The molecule has 0 aliphatic carbocycles. The van der Waals surface area contributed by atoms with Crippen molar-refractivity contribution in [2.75, 3.05) is 14.2 Å². The van der Waals surface area contributed by atoms with Gasteiger partial charge in [0.1, 0.15) is 6.33 Å². The fraction of sp³-hybridized carbons (Fsp3) is 0.200. The zero-order valence-electron chi connectivity index (χ0n) is 12.7. The molecule has 8 heteroatoms. The van der Waals surface area contributed by atoms with E-state index in [1.807, 2.05) is 42.7 Å². The minimum atomic E-state index is -0.629. The smallest absolute Gasteiger partial charge is 0.333 e. The predicted octanol–water partition coefficient (Wildman–Crippen LogP) is -2.58. The van der Waals surface area contributed by atoms with Gasteiger partial charge in [0.05, 0.1) is 20.5 Å². The third-order valence-corrected chi connectivity index (χ3v) is 3.48. The highest BCUT2D eigenvalue weighted by molar-refractivity contribution is 5.83. The topological polar surface area (TPSA) is 86.5 Å². The fourth-order valence-corrected chi connectivity index (χ4v) is 2.43. The second-order valence-corrected chi connectivity index (χ2v) is 4.71. The van der Waals surface area contributed by atoms with Crippen molar-refractivity contribution < 1.29 is 27.3 Å². The van der Waals surface area contributed by atoms with Gasteiger partial charge in [-0.3, -0.25) is 9.88 Å². The molecule has 0 saturated carbocycles. The van der Waals surface area contributed by atoms with E-state index in [0.29, 0.717) is 11.2 Å². The molecule has 0 aliphatic heterocycles. The summed E-state index contributed by atoms with van der Waals surface area (Å²) in [5.41, 5.74) is 2.08. The van der Waals surface area contributed by atoms with Crippen LogP contribution in [0.5, 0.6) is 0 Å². The van der Waals surface area contributed by atoms with Gasteiger partial charge in [-0.25, -0.2) is 14.8 Å². The summed E-state index contributed by atoms with van der Waals surface area (Å²) in [5, 5.41) is 1.86. The van der Waals surface area contributed by atoms with Crippen LogP contribution < -0.4 is 17.7 Å². The van der Waals surface area contributed by atoms with Crippen molar-refractivity contribution in [3.63, 3.8) is 0 Å². The number of fused-ring (bicyclic) bond motifs is 1. The number of benzene rings is 1. The Hall–Kier alpha value is -2.51. The van der Waals surface area contributed by atoms with Crippen LogP contribution in [-0.4, -0.2) is 39.6 Å². The standard InChI is InChI=1S/C15H15N5O2.ClH/c1-16-13-11-14(18-8-17-13)20(9-19-11)12(15(21)22-2)10-6-4-3-5-7-10;/h3-9,12H,1-2H3,(H,16,17,18);1H. The molecule has 2 N–H and O–H groups in total. The molecule has 1 unspecified atom stereocenters. The number of ether oxygens (including phenoxy) is 1. The third kappa shape index (κ3) is 3.01. The number of methoxy groups -OCH3 is 1. The van der Waals surface area contributed by atoms with E-state index in [1.54, 1.807) is 10.9 Å². The van der Waals surface area contributed by atoms with Gasteiger partial charge in [0.2, 0.25) is 0 Å². The minimum Gasteiger partial charge on any atom is -1.00 e. The minimum absolute atomic E-state index is 0. The van der Waals surface area contributed by atoms with Crippen LogP contribution >= 0.6 is 0 Å². The maximum atomic E-state index is 12.3. The number of nitrogens with two attached hydrogens (primary N) is 1. The molecule has 1 atom stereocenters. The highest BCUT2D eigenvalue weighted by Crippen LogP contribution is 2.24. The Morgan fingerprint density at radius 1 is 1.22 bits per heavy atom. The lowest BCUT2D eigenvalue weighted by Gasteiger charge is -2.16. The molecule has 0 amide bonds. The molecule has 3 rings (SSSR count). The van der Waals surface area contributed by atoms with Gasteiger partial charge < -0.3 is 17.1 Å². The molecule has 2 aromatic heterocycles. The number of quaternary nitrogens is 1. The predicted molar refractivity (Wildman–Crippen MR) is 79.4 cm³/mol. The van der Waals surface area contributed by atoms with Crippen molar-refractivity contribution in [3.05, 3.63) is 48.5 Å². The van der Waals surface area contributed by atoms with Crippen LogP contribution in [0.25, 0.3) is 11.2 Å². The van der Waals surface area contributed by atoms with E-state index in [0.717, 1.165) is 11.4 Å². The van der Waals surface area contributed by atoms with Crippen LogP contribution in [-0.2, 0) is 9.53 Å². The Kier molecular flexibility index (Phi) is 5.25. The number of hydrogen-bond acceptors (Lipinski definition) is 5. The lowest BCUT2D eigenvalue weighted by atomic mass is 10.1. The summed E-state index contributed by atoms with van der Waals surface area (Å²) < 4.78 is 6.67. The number of esters is 1. The molecular weight excluding hydrogens is 318 g/mol. The third-order valence-electron chi connectivity index (χ3n) is 3.48. The zero-order valence-corrected chi connectivity index (χ0v) is 13.4. The number of carbonyl (C=O) groups excluding carboxylic acids is 1. The number of carbonyl (C=O) groups is 1. The quantitative estimate of drug-likeness (QED) is 0.530. The van der Waals surface area contributed by atoms with E-state index in [1.165, 1.54) is 13.4 Å². The summed E-state index contributed by atoms with van der Waals surface area (Å²) in [6.45, 7) is 0. The van der Waals surface area contributed by atoms with Gasteiger partial charge in [0.15, 0.2) is 17.2 Å². The van der Waals surface area contributed by atoms with Crippen molar-refractivity contribution in [1.82, 2.24) is 19.5 Å². The van der Waals surface area contributed by atoms with E-state index in [2.05, 4.69) is 15.0 Å². The van der Waals surface area contributed by atoms with E-state index in [-0.39, 0.29) is 18.4 Å². The van der Waals surface area contributed by atoms with Crippen molar-refractivity contribution in [2.24, 2.45) is 0 Å². The van der Waals surface area contributed by atoms with Crippen molar-refractivity contribution in [3.8, 4) is 0 Å². The molecule has 0 aliphatic rings. The van der Waals surface area contributed by atoms with E-state index >= 15 is 0 Å². The van der Waals surface area contributed by atoms with Crippen LogP contribution in [0.3, 0.4) is 0 Å². The van der Waals surface area contributed by atoms with Crippen molar-refractivity contribution in [2.45, 2.75) is 6.04 Å². The molecule has 0 saturated heterocycles. The summed E-state index contributed by atoms with van der Waals surface area (Å²) in [6.07, 6.45) is 3.07. The fourth-order valence-electron chi connectivity index (χ4n) is 2.43. The summed E-state index contributed by atoms with van der Waals surface area (Å²) in [7, 11) is 3.26. The van der Waals surface area contributed by atoms with Gasteiger partial charge in [-0.1, -0.05) is 30.3 Å². The first kappa shape index (κ1) is 16.9. The van der Waals surface area contributed by atoms with Gasteiger partial charge in [-0.15, -0.1) is 0 Å². The zero-order chi connectivity index (χ0) is 15.5. The first-order valence-corrected chi connectivity index (χ1v) is 6.86. The second kappa shape index (κ2) is 7.17. The van der Waals surface area contributed by atoms with Gasteiger partial charge >= 0.3 is 5.97 Å². The monoisotopic (exact) mass is 333 g/mol. The lowest BCUT2D eigenvalue weighted by Crippen LogP contribution is -3.00. The van der Waals surface area contributed by atoms with Crippen LogP contribution in [0, 0.1) is 0 Å². The van der Waals surface area contributed by atoms with Gasteiger partial charge in [-0.2, -0.15) is 4.98 Å². The van der Waals surface area contributed by atoms with Crippen LogP contribution in [0.1, 0.15) is 11.6 Å². The number of aromatic nitrogens is 4. The second-order valence-electron chi connectivity index (χ2n) is 4.71. The molecular formula is C15H16ClN5O2. The Balaban J connectivity index is 0.00000192. The lowest BCUT2D eigenvalue weighted by molar-refractivity contribution is -0.541. The first-order chi connectivity index (χ1) is 10.8. The first-order valence-electron chi connectivity index (χ1n) is 6.86. The van der Waals surface area contributed by atoms with E-state index in [4.69, 9.17) is 4.74 Å². The van der Waals surface area contributed by atoms with Crippen molar-refractivity contribution in [1.29, 1.82) is 0 Å². The van der Waals surface area contributed by atoms with Crippen molar-refractivity contribution >= 4 is 23.0 Å². The SMILES string of the molecule is C[NH2+]c1ncnc2c1ncn2C(C(=O)OC)c1ccccc1.[Cl-]. The van der Waals surface area contributed by atoms with Gasteiger partial charge in [0.25, 0.3) is 5.82 Å². The maximum absolute atomic E-state index is 12.3. The largest absolute Gasteiger partial charge is 1.00 e. The summed E-state index contributed by atoms with van der Waals surface area (Å²) in [6, 6.07) is 8.78. The number of imidazole rings is 1. The van der Waals surface area contributed by atoms with Crippen LogP contribution in [0.4, 0.5) is 5.82 Å². The molecule has 0 radical (unpaired) electrons. The van der Waals surface area contributed by atoms with Gasteiger partial charge in [-0.05, 0) is 5.56 Å². The molecule has 23 heavy (non-hydrogen) atoms. The number of halogens is 1. The highest BCUT2D eigenvalue weighted by atomic mass is 35.5. The molecule has 0 bridgehead atoms. The molecule has 1 aromatic carbocycles. The average Bonchev–Trinajstić information content (AvgIpc) is 3.00. The molecule has 0 spiro atoms. The normalized spacial score (nSPS) is 11.7. The molecule has 3 aromatic rings. The number of nitrogens with zero attached hydrogens (tertiary/aromatic N) is 4. The Labute approximate surface area is 139 Å². The van der Waals surface area contributed by atoms with Crippen LogP contribution in [0.2, 0.25) is 0 Å². The Morgan fingerprint density at radius 2 is 1.96 bits per heavy atom. The number of rotatable bonds is 4. The Morgan fingerprint density at radius 3 is 2.61 bits per heavy atom. The number of hydrogen-bond donors (Lipinski definition) is 1.